The van der Waals surface area contributed by atoms with Gasteiger partial charge in [-0.25, -0.2) is 0 Å². The first-order valence-electron chi connectivity index (χ1n) is 6.44. The lowest BCUT2D eigenvalue weighted by molar-refractivity contribution is 0.112. The quantitative estimate of drug-likeness (QED) is 0.584. The maximum absolute atomic E-state index is 10.8. The molecule has 0 saturated carbocycles. The summed E-state index contributed by atoms with van der Waals surface area (Å²) in [4.78, 5) is 10.8. The van der Waals surface area contributed by atoms with Gasteiger partial charge in [-0.3, -0.25) is 4.79 Å². The van der Waals surface area contributed by atoms with E-state index in [0.29, 0.717) is 10.6 Å². The van der Waals surface area contributed by atoms with E-state index in [-0.39, 0.29) is 0 Å². The summed E-state index contributed by atoms with van der Waals surface area (Å²) in [6.07, 6.45) is 0.777. The molecule has 0 aliphatic heterocycles. The van der Waals surface area contributed by atoms with E-state index < -0.39 is 0 Å². The lowest BCUT2D eigenvalue weighted by Crippen LogP contribution is -1.87. The molecule has 0 aliphatic carbocycles. The minimum atomic E-state index is 0.488. The molecule has 0 saturated heterocycles. The van der Waals surface area contributed by atoms with Crippen molar-refractivity contribution in [3.8, 4) is 11.1 Å². The fraction of sp³-hybridized carbons (Fsp3) is 0.0556. The normalized spacial score (nSPS) is 10.7. The number of fused-ring (bicyclic) bond motifs is 1. The molecule has 3 rings (SSSR count). The second kappa shape index (κ2) is 5.10. The number of benzene rings is 3. The van der Waals surface area contributed by atoms with Crippen LogP contribution in [0.2, 0.25) is 5.02 Å². The van der Waals surface area contributed by atoms with Gasteiger partial charge in [0.25, 0.3) is 0 Å². The van der Waals surface area contributed by atoms with Crippen LogP contribution in [0.4, 0.5) is 0 Å². The van der Waals surface area contributed by atoms with Crippen molar-refractivity contribution in [2.45, 2.75) is 6.92 Å². The minimum Gasteiger partial charge on any atom is -0.298 e. The van der Waals surface area contributed by atoms with Crippen LogP contribution in [-0.2, 0) is 0 Å². The molecule has 0 fully saturated rings. The van der Waals surface area contributed by atoms with Crippen LogP contribution < -0.4 is 0 Å². The molecule has 0 atom stereocenters. The van der Waals surface area contributed by atoms with Gasteiger partial charge in [0, 0.05) is 5.56 Å². The largest absolute Gasteiger partial charge is 0.298 e. The topological polar surface area (TPSA) is 17.1 Å². The second-order valence-corrected chi connectivity index (χ2v) is 5.24. The number of hydrogen-bond donors (Lipinski definition) is 0. The highest BCUT2D eigenvalue weighted by Crippen LogP contribution is 2.32. The predicted octanol–water partition coefficient (Wildman–Crippen LogP) is 5.28. The van der Waals surface area contributed by atoms with Gasteiger partial charge < -0.3 is 0 Å². The van der Waals surface area contributed by atoms with Crippen LogP contribution in [0.15, 0.2) is 54.6 Å². The van der Waals surface area contributed by atoms with Crippen LogP contribution in [0.3, 0.4) is 0 Å². The van der Waals surface area contributed by atoms with Gasteiger partial charge in [0.1, 0.15) is 0 Å². The van der Waals surface area contributed by atoms with E-state index in [0.717, 1.165) is 17.4 Å². The summed E-state index contributed by atoms with van der Waals surface area (Å²) >= 11 is 6.13. The fourth-order valence-corrected chi connectivity index (χ4v) is 2.72. The molecule has 0 spiro atoms. The Morgan fingerprint density at radius 3 is 2.40 bits per heavy atom. The van der Waals surface area contributed by atoms with Crippen LogP contribution in [0.5, 0.6) is 0 Å². The summed E-state index contributed by atoms with van der Waals surface area (Å²) in [7, 11) is 0. The lowest BCUT2D eigenvalue weighted by Gasteiger charge is -2.10. The molecular formula is C18H13ClO. The maximum Gasteiger partial charge on any atom is 0.151 e. The van der Waals surface area contributed by atoms with Gasteiger partial charge in [-0.05, 0) is 46.5 Å². The Bertz CT molecular complexity index is 806. The number of rotatable bonds is 2. The van der Waals surface area contributed by atoms with E-state index in [4.69, 9.17) is 11.6 Å². The number of carbonyl (C=O) groups excluding carboxylic acids is 1. The van der Waals surface area contributed by atoms with Gasteiger partial charge in [-0.2, -0.15) is 0 Å². The van der Waals surface area contributed by atoms with Crippen molar-refractivity contribution in [2.75, 3.05) is 0 Å². The standard InChI is InChI=1S/C18H13ClO/c1-12-6-9-16(17-5-3-2-4-15(12)17)13-7-8-14(11-20)18(19)10-13/h2-11H,1H3. The van der Waals surface area contributed by atoms with E-state index in [1.54, 1.807) is 6.07 Å². The van der Waals surface area contributed by atoms with Crippen LogP contribution in [0.25, 0.3) is 21.9 Å². The summed E-state index contributed by atoms with van der Waals surface area (Å²) in [6.45, 7) is 2.11. The van der Waals surface area contributed by atoms with Crippen LogP contribution in [0, 0.1) is 6.92 Å². The van der Waals surface area contributed by atoms with Gasteiger partial charge in [0.05, 0.1) is 5.02 Å². The molecule has 98 valence electrons. The van der Waals surface area contributed by atoms with Crippen molar-refractivity contribution in [3.63, 3.8) is 0 Å². The van der Waals surface area contributed by atoms with Crippen molar-refractivity contribution in [1.82, 2.24) is 0 Å². The lowest BCUT2D eigenvalue weighted by atomic mass is 9.95. The molecule has 0 heterocycles. The van der Waals surface area contributed by atoms with Crippen molar-refractivity contribution >= 4 is 28.7 Å². The third kappa shape index (κ3) is 2.10. The number of aryl methyl sites for hydroxylation is 1. The molecule has 0 aromatic heterocycles. The SMILES string of the molecule is Cc1ccc(-c2ccc(C=O)c(Cl)c2)c2ccccc12. The molecule has 0 amide bonds. The van der Waals surface area contributed by atoms with Crippen molar-refractivity contribution in [2.24, 2.45) is 0 Å². The van der Waals surface area contributed by atoms with Crippen molar-refractivity contribution in [1.29, 1.82) is 0 Å². The summed E-state index contributed by atoms with van der Waals surface area (Å²) < 4.78 is 0. The number of carbonyl (C=O) groups is 1. The monoisotopic (exact) mass is 280 g/mol. The van der Waals surface area contributed by atoms with E-state index in [9.17, 15) is 4.79 Å². The van der Waals surface area contributed by atoms with E-state index in [1.165, 1.54) is 16.3 Å². The highest BCUT2D eigenvalue weighted by molar-refractivity contribution is 6.33. The third-order valence-corrected chi connectivity index (χ3v) is 3.91. The Labute approximate surface area is 122 Å². The molecular weight excluding hydrogens is 268 g/mol. The number of aldehydes is 1. The van der Waals surface area contributed by atoms with Crippen LogP contribution in [0.1, 0.15) is 15.9 Å². The molecule has 0 N–H and O–H groups in total. The van der Waals surface area contributed by atoms with Gasteiger partial charge in [0.2, 0.25) is 0 Å². The van der Waals surface area contributed by atoms with E-state index in [1.807, 2.05) is 24.3 Å². The predicted molar refractivity (Wildman–Crippen MR) is 84.5 cm³/mol. The molecule has 0 radical (unpaired) electrons. The smallest absolute Gasteiger partial charge is 0.151 e. The first-order valence-corrected chi connectivity index (χ1v) is 6.82. The Kier molecular flexibility index (Phi) is 3.29. The molecule has 3 aromatic rings. The molecule has 0 unspecified atom stereocenters. The number of halogens is 1. The summed E-state index contributed by atoms with van der Waals surface area (Å²) in [5, 5.41) is 2.92. The zero-order valence-electron chi connectivity index (χ0n) is 11.1. The van der Waals surface area contributed by atoms with Crippen LogP contribution >= 0.6 is 11.6 Å². The summed E-state index contributed by atoms with van der Waals surface area (Å²) in [5.41, 5.74) is 3.93. The maximum atomic E-state index is 10.8. The zero-order chi connectivity index (χ0) is 14.1. The molecule has 2 heteroatoms. The average Bonchev–Trinajstić information content (AvgIpc) is 2.48. The average molecular weight is 281 g/mol. The number of hydrogen-bond acceptors (Lipinski definition) is 1. The Hall–Kier alpha value is -2.12. The molecule has 0 aliphatic rings. The Balaban J connectivity index is 2.27. The molecule has 20 heavy (non-hydrogen) atoms. The summed E-state index contributed by atoms with van der Waals surface area (Å²) in [6, 6.07) is 18.1. The minimum absolute atomic E-state index is 0.488. The molecule has 1 nitrogen and oxygen atoms in total. The van der Waals surface area contributed by atoms with Gasteiger partial charge in [0.15, 0.2) is 6.29 Å². The zero-order valence-corrected chi connectivity index (χ0v) is 11.8. The van der Waals surface area contributed by atoms with Crippen molar-refractivity contribution in [3.05, 3.63) is 70.7 Å². The van der Waals surface area contributed by atoms with E-state index in [2.05, 4.69) is 31.2 Å². The second-order valence-electron chi connectivity index (χ2n) is 4.83. The van der Waals surface area contributed by atoms with Gasteiger partial charge >= 0.3 is 0 Å². The third-order valence-electron chi connectivity index (χ3n) is 3.58. The van der Waals surface area contributed by atoms with E-state index >= 15 is 0 Å². The fourth-order valence-electron chi connectivity index (χ4n) is 2.49. The Morgan fingerprint density at radius 1 is 0.950 bits per heavy atom. The molecule has 3 aromatic carbocycles. The summed E-state index contributed by atoms with van der Waals surface area (Å²) in [5.74, 6) is 0. The highest BCUT2D eigenvalue weighted by Gasteiger charge is 2.07. The van der Waals surface area contributed by atoms with Gasteiger partial charge in [-0.1, -0.05) is 54.1 Å². The van der Waals surface area contributed by atoms with Gasteiger partial charge in [-0.15, -0.1) is 0 Å². The highest BCUT2D eigenvalue weighted by atomic mass is 35.5. The Morgan fingerprint density at radius 2 is 1.70 bits per heavy atom. The van der Waals surface area contributed by atoms with Crippen molar-refractivity contribution < 1.29 is 4.79 Å². The van der Waals surface area contributed by atoms with Crippen LogP contribution in [-0.4, -0.2) is 6.29 Å². The first kappa shape index (κ1) is 12.9. The first-order chi connectivity index (χ1) is 9.70. The molecule has 0 bridgehead atoms.